The molecule has 0 saturated carbocycles. The molecular weight excluding hydrogens is 227 g/mol. The van der Waals surface area contributed by atoms with Gasteiger partial charge in [0.2, 0.25) is 0 Å². The maximum Gasteiger partial charge on any atom is 1.00 e. The van der Waals surface area contributed by atoms with Crippen LogP contribution in [0.25, 0.3) is 0 Å². The van der Waals surface area contributed by atoms with Gasteiger partial charge in [0.05, 0.1) is 9.95 Å². The number of carboxylic acid groups (broad SMARTS) is 1. The van der Waals surface area contributed by atoms with Gasteiger partial charge in [-0.25, -0.2) is 0 Å². The Morgan fingerprint density at radius 1 is 1.36 bits per heavy atom. The first-order valence-corrected chi connectivity index (χ1v) is 5.03. The predicted molar refractivity (Wildman–Crippen MR) is 58.2 cm³/mol. The molecule has 0 saturated heterocycles. The van der Waals surface area contributed by atoms with Crippen molar-refractivity contribution in [3.8, 4) is 0 Å². The molecular formula is C9H8NaO2S2+. The number of thioether (sulfide) groups is 1. The van der Waals surface area contributed by atoms with Gasteiger partial charge in [0, 0.05) is 0 Å². The second-order valence-electron chi connectivity index (χ2n) is 2.34. The molecule has 0 radical (unpaired) electrons. The molecule has 1 N–H and O–H groups in total. The number of hydrogen-bond donors (Lipinski definition) is 1. The minimum Gasteiger partial charge on any atom is -0.481 e. The summed E-state index contributed by atoms with van der Waals surface area (Å²) < 4.78 is 0.628. The SMILES string of the molecule is O=C(O)CSC(=S)c1ccccc1.[Na+]. The van der Waals surface area contributed by atoms with Crippen molar-refractivity contribution in [2.24, 2.45) is 0 Å². The predicted octanol–water partition coefficient (Wildman–Crippen LogP) is -0.816. The second kappa shape index (κ2) is 7.43. The largest absolute Gasteiger partial charge is 1.00 e. The summed E-state index contributed by atoms with van der Waals surface area (Å²) >= 11 is 6.21. The average Bonchev–Trinajstić information content (AvgIpc) is 2.15. The fourth-order valence-electron chi connectivity index (χ4n) is 0.785. The van der Waals surface area contributed by atoms with Crippen LogP contribution in [0.1, 0.15) is 5.56 Å². The van der Waals surface area contributed by atoms with Crippen molar-refractivity contribution < 1.29 is 39.5 Å². The molecule has 0 unspecified atom stereocenters. The van der Waals surface area contributed by atoms with E-state index in [9.17, 15) is 4.79 Å². The van der Waals surface area contributed by atoms with Crippen LogP contribution < -0.4 is 29.6 Å². The van der Waals surface area contributed by atoms with E-state index in [4.69, 9.17) is 17.3 Å². The molecule has 0 fully saturated rings. The molecule has 0 spiro atoms. The summed E-state index contributed by atoms with van der Waals surface area (Å²) in [5.74, 6) is -0.823. The van der Waals surface area contributed by atoms with E-state index >= 15 is 0 Å². The first kappa shape index (κ1) is 14.1. The summed E-state index contributed by atoms with van der Waals surface area (Å²) in [4.78, 5) is 10.3. The van der Waals surface area contributed by atoms with Gasteiger partial charge in [-0.15, -0.1) is 11.8 Å². The third-order valence-corrected chi connectivity index (χ3v) is 2.81. The Kier molecular flexibility index (Phi) is 7.49. The molecule has 0 heterocycles. The Morgan fingerprint density at radius 3 is 2.43 bits per heavy atom. The summed E-state index contributed by atoms with van der Waals surface area (Å²) in [5, 5.41) is 8.43. The van der Waals surface area contributed by atoms with Crippen molar-refractivity contribution in [3.63, 3.8) is 0 Å². The first-order valence-electron chi connectivity index (χ1n) is 3.64. The van der Waals surface area contributed by atoms with E-state index in [1.165, 1.54) is 11.8 Å². The van der Waals surface area contributed by atoms with Gasteiger partial charge in [0.15, 0.2) is 0 Å². The van der Waals surface area contributed by atoms with Crippen molar-refractivity contribution in [2.45, 2.75) is 0 Å². The zero-order valence-corrected chi connectivity index (χ0v) is 11.4. The molecule has 1 aromatic rings. The van der Waals surface area contributed by atoms with Crippen LogP contribution in [0.15, 0.2) is 30.3 Å². The standard InChI is InChI=1S/C9H8O2S2.Na/c10-8(11)6-13-9(12)7-4-2-1-3-5-7;/h1-5H,6H2,(H,10,11);/q;+1. The summed E-state index contributed by atoms with van der Waals surface area (Å²) in [5.41, 5.74) is 0.906. The molecule has 68 valence electrons. The van der Waals surface area contributed by atoms with E-state index in [0.717, 1.165) is 5.56 Å². The maximum atomic E-state index is 10.3. The van der Waals surface area contributed by atoms with Crippen molar-refractivity contribution >= 4 is 34.1 Å². The van der Waals surface area contributed by atoms with Crippen LogP contribution in [0, 0.1) is 0 Å². The van der Waals surface area contributed by atoms with Crippen LogP contribution in [0.5, 0.6) is 0 Å². The number of hydrogen-bond acceptors (Lipinski definition) is 3. The smallest absolute Gasteiger partial charge is 0.481 e. The third-order valence-electron chi connectivity index (χ3n) is 1.34. The normalized spacial score (nSPS) is 8.86. The molecule has 0 atom stereocenters. The summed E-state index contributed by atoms with van der Waals surface area (Å²) in [6.45, 7) is 0. The Hall–Kier alpha value is 0.130. The zero-order chi connectivity index (χ0) is 9.68. The van der Waals surface area contributed by atoms with Crippen LogP contribution in [-0.4, -0.2) is 21.0 Å². The molecule has 14 heavy (non-hydrogen) atoms. The van der Waals surface area contributed by atoms with Crippen molar-refractivity contribution in [1.29, 1.82) is 0 Å². The Labute approximate surface area is 114 Å². The number of thiocarbonyl (C=S) groups is 1. The van der Waals surface area contributed by atoms with E-state index in [0.29, 0.717) is 4.20 Å². The Balaban J connectivity index is 0.00000169. The molecule has 0 aliphatic rings. The molecule has 5 heteroatoms. The van der Waals surface area contributed by atoms with Crippen molar-refractivity contribution in [3.05, 3.63) is 35.9 Å². The summed E-state index contributed by atoms with van der Waals surface area (Å²) in [6, 6.07) is 9.40. The topological polar surface area (TPSA) is 37.3 Å². The molecule has 0 aliphatic heterocycles. The van der Waals surface area contributed by atoms with Gasteiger partial charge in [-0.1, -0.05) is 42.5 Å². The number of rotatable bonds is 3. The van der Waals surface area contributed by atoms with Crippen LogP contribution in [0.4, 0.5) is 0 Å². The second-order valence-corrected chi connectivity index (χ2v) is 3.99. The van der Waals surface area contributed by atoms with Gasteiger partial charge >= 0.3 is 35.5 Å². The molecule has 0 amide bonds. The number of aliphatic carboxylic acids is 1. The minimum atomic E-state index is -0.844. The monoisotopic (exact) mass is 235 g/mol. The fraction of sp³-hybridized carbons (Fsp3) is 0.111. The Morgan fingerprint density at radius 2 is 1.93 bits per heavy atom. The van der Waals surface area contributed by atoms with Gasteiger partial charge in [0.1, 0.15) is 0 Å². The number of carboxylic acids is 1. The molecule has 2 nitrogen and oxygen atoms in total. The van der Waals surface area contributed by atoms with Crippen LogP contribution in [0.3, 0.4) is 0 Å². The van der Waals surface area contributed by atoms with Gasteiger partial charge in [0.25, 0.3) is 0 Å². The zero-order valence-electron chi connectivity index (χ0n) is 7.77. The van der Waals surface area contributed by atoms with Gasteiger partial charge in [-0.3, -0.25) is 4.79 Å². The van der Waals surface area contributed by atoms with E-state index < -0.39 is 5.97 Å². The molecule has 0 aliphatic carbocycles. The fourth-order valence-corrected chi connectivity index (χ4v) is 1.66. The quantitative estimate of drug-likeness (QED) is 0.549. The average molecular weight is 235 g/mol. The van der Waals surface area contributed by atoms with Gasteiger partial charge in [-0.05, 0) is 5.56 Å². The van der Waals surface area contributed by atoms with E-state index in [2.05, 4.69) is 0 Å². The summed E-state index contributed by atoms with van der Waals surface area (Å²) in [6.07, 6.45) is 0. The van der Waals surface area contributed by atoms with Crippen LogP contribution in [-0.2, 0) is 4.79 Å². The maximum absolute atomic E-state index is 10.3. The number of carbonyl (C=O) groups is 1. The van der Waals surface area contributed by atoms with Crippen molar-refractivity contribution in [2.75, 3.05) is 5.75 Å². The third kappa shape index (κ3) is 5.12. The van der Waals surface area contributed by atoms with E-state index in [1.807, 2.05) is 30.3 Å². The van der Waals surface area contributed by atoms with Crippen LogP contribution in [0.2, 0.25) is 0 Å². The molecule has 1 rings (SSSR count). The molecule has 0 aromatic heterocycles. The van der Waals surface area contributed by atoms with Crippen molar-refractivity contribution in [1.82, 2.24) is 0 Å². The first-order chi connectivity index (χ1) is 6.20. The van der Waals surface area contributed by atoms with Crippen LogP contribution >= 0.6 is 24.0 Å². The van der Waals surface area contributed by atoms with E-state index in [-0.39, 0.29) is 35.3 Å². The summed E-state index contributed by atoms with van der Waals surface area (Å²) in [7, 11) is 0. The minimum absolute atomic E-state index is 0. The van der Waals surface area contributed by atoms with Gasteiger partial charge in [-0.2, -0.15) is 0 Å². The molecule has 0 bridgehead atoms. The Bertz CT molecular complexity index is 314. The number of benzene rings is 1. The molecule has 1 aromatic carbocycles. The van der Waals surface area contributed by atoms with Gasteiger partial charge < -0.3 is 5.11 Å². The van der Waals surface area contributed by atoms with E-state index in [1.54, 1.807) is 0 Å².